The summed E-state index contributed by atoms with van der Waals surface area (Å²) in [6, 6.07) is 16.1. The van der Waals surface area contributed by atoms with Gasteiger partial charge in [0.2, 0.25) is 0 Å². The Hall–Kier alpha value is -1.76. The molecule has 2 aromatic carbocycles. The monoisotopic (exact) mass is 239 g/mol. The van der Waals surface area contributed by atoms with E-state index in [-0.39, 0.29) is 0 Å². The SMILES string of the molecule is [CH2]c1cccc(Oc2ccc(CCCC)cc2)c1. The van der Waals surface area contributed by atoms with Crippen LogP contribution in [0.25, 0.3) is 0 Å². The summed E-state index contributed by atoms with van der Waals surface area (Å²) >= 11 is 0. The van der Waals surface area contributed by atoms with Gasteiger partial charge in [-0.15, -0.1) is 0 Å². The Morgan fingerprint density at radius 3 is 2.44 bits per heavy atom. The number of unbranched alkanes of at least 4 members (excludes halogenated alkanes) is 1. The van der Waals surface area contributed by atoms with Crippen LogP contribution in [0, 0.1) is 6.92 Å². The minimum absolute atomic E-state index is 0.837. The standard InChI is InChI=1S/C17H19O/c1-3-4-7-15-9-11-16(12-10-15)18-17-8-5-6-14(2)13-17/h5-6,8-13H,2-4,7H2,1H3. The summed E-state index contributed by atoms with van der Waals surface area (Å²) in [6.45, 7) is 6.10. The van der Waals surface area contributed by atoms with Crippen molar-refractivity contribution < 1.29 is 4.74 Å². The zero-order chi connectivity index (χ0) is 12.8. The lowest BCUT2D eigenvalue weighted by Gasteiger charge is -2.07. The Kier molecular flexibility index (Phi) is 4.40. The first-order valence-corrected chi connectivity index (χ1v) is 6.47. The molecule has 2 aromatic rings. The molecule has 0 aliphatic carbocycles. The molecule has 18 heavy (non-hydrogen) atoms. The third-order valence-electron chi connectivity index (χ3n) is 2.88. The van der Waals surface area contributed by atoms with Crippen LogP contribution in [0.5, 0.6) is 11.5 Å². The number of ether oxygens (including phenoxy) is 1. The molecule has 0 bridgehead atoms. The highest BCUT2D eigenvalue weighted by Crippen LogP contribution is 2.22. The van der Waals surface area contributed by atoms with Gasteiger partial charge in [-0.25, -0.2) is 0 Å². The fraction of sp³-hybridized carbons (Fsp3) is 0.235. The normalized spacial score (nSPS) is 10.3. The van der Waals surface area contributed by atoms with Crippen LogP contribution >= 0.6 is 0 Å². The van der Waals surface area contributed by atoms with Crippen molar-refractivity contribution in [1.29, 1.82) is 0 Å². The van der Waals surface area contributed by atoms with Gasteiger partial charge in [0.1, 0.15) is 11.5 Å². The fourth-order valence-corrected chi connectivity index (χ4v) is 1.85. The van der Waals surface area contributed by atoms with Crippen LogP contribution in [0.2, 0.25) is 0 Å². The third-order valence-corrected chi connectivity index (χ3v) is 2.88. The lowest BCUT2D eigenvalue weighted by molar-refractivity contribution is 0.482. The van der Waals surface area contributed by atoms with E-state index in [0.29, 0.717) is 0 Å². The van der Waals surface area contributed by atoms with Gasteiger partial charge in [-0.1, -0.05) is 37.6 Å². The maximum atomic E-state index is 5.78. The van der Waals surface area contributed by atoms with Crippen LogP contribution in [-0.2, 0) is 6.42 Å². The van der Waals surface area contributed by atoms with Crippen LogP contribution in [0.3, 0.4) is 0 Å². The minimum Gasteiger partial charge on any atom is -0.457 e. The minimum atomic E-state index is 0.837. The largest absolute Gasteiger partial charge is 0.457 e. The fourth-order valence-electron chi connectivity index (χ4n) is 1.85. The Morgan fingerprint density at radius 2 is 1.78 bits per heavy atom. The van der Waals surface area contributed by atoms with Crippen LogP contribution in [0.4, 0.5) is 0 Å². The summed E-state index contributed by atoms with van der Waals surface area (Å²) in [5.41, 5.74) is 2.34. The van der Waals surface area contributed by atoms with Crippen molar-refractivity contribution in [3.63, 3.8) is 0 Å². The maximum absolute atomic E-state index is 5.78. The molecule has 0 saturated carbocycles. The number of benzene rings is 2. The van der Waals surface area contributed by atoms with Crippen molar-refractivity contribution in [3.8, 4) is 11.5 Å². The molecule has 0 unspecified atom stereocenters. The third kappa shape index (κ3) is 3.63. The summed E-state index contributed by atoms with van der Waals surface area (Å²) < 4.78 is 5.78. The molecule has 1 nitrogen and oxygen atoms in total. The summed E-state index contributed by atoms with van der Waals surface area (Å²) in [4.78, 5) is 0. The number of aryl methyl sites for hydroxylation is 1. The van der Waals surface area contributed by atoms with E-state index in [0.717, 1.165) is 23.5 Å². The van der Waals surface area contributed by atoms with Gasteiger partial charge < -0.3 is 4.74 Å². The molecular weight excluding hydrogens is 220 g/mol. The van der Waals surface area contributed by atoms with Crippen LogP contribution in [0.15, 0.2) is 48.5 Å². The zero-order valence-electron chi connectivity index (χ0n) is 10.9. The van der Waals surface area contributed by atoms with Crippen molar-refractivity contribution in [2.45, 2.75) is 26.2 Å². The Labute approximate surface area is 109 Å². The second-order valence-corrected chi connectivity index (χ2v) is 4.50. The number of hydrogen-bond donors (Lipinski definition) is 0. The second kappa shape index (κ2) is 6.25. The molecule has 0 aromatic heterocycles. The molecular formula is C17H19O. The van der Waals surface area contributed by atoms with Crippen molar-refractivity contribution >= 4 is 0 Å². The van der Waals surface area contributed by atoms with E-state index >= 15 is 0 Å². The quantitative estimate of drug-likeness (QED) is 0.713. The van der Waals surface area contributed by atoms with Gasteiger partial charge in [0, 0.05) is 0 Å². The van der Waals surface area contributed by atoms with Gasteiger partial charge in [0.05, 0.1) is 0 Å². The van der Waals surface area contributed by atoms with E-state index in [9.17, 15) is 0 Å². The highest BCUT2D eigenvalue weighted by atomic mass is 16.5. The average molecular weight is 239 g/mol. The molecule has 0 saturated heterocycles. The van der Waals surface area contributed by atoms with Gasteiger partial charge in [-0.2, -0.15) is 0 Å². The van der Waals surface area contributed by atoms with Crippen molar-refractivity contribution in [3.05, 3.63) is 66.6 Å². The van der Waals surface area contributed by atoms with E-state index in [1.54, 1.807) is 0 Å². The highest BCUT2D eigenvalue weighted by molar-refractivity contribution is 5.35. The topological polar surface area (TPSA) is 9.23 Å². The maximum Gasteiger partial charge on any atom is 0.127 e. The van der Waals surface area contributed by atoms with Gasteiger partial charge >= 0.3 is 0 Å². The molecule has 1 radical (unpaired) electrons. The molecule has 1 heteroatoms. The van der Waals surface area contributed by atoms with E-state index in [2.05, 4.69) is 26.0 Å². The Bertz CT molecular complexity index is 485. The first-order chi connectivity index (χ1) is 8.78. The molecule has 0 aliphatic rings. The van der Waals surface area contributed by atoms with Gasteiger partial charge in [0.15, 0.2) is 0 Å². The van der Waals surface area contributed by atoms with E-state index in [1.165, 1.54) is 18.4 Å². The lowest BCUT2D eigenvalue weighted by Crippen LogP contribution is -1.87. The predicted octanol–water partition coefficient (Wildman–Crippen LogP) is 5.00. The zero-order valence-corrected chi connectivity index (χ0v) is 10.9. The van der Waals surface area contributed by atoms with Crippen LogP contribution in [0.1, 0.15) is 30.9 Å². The first kappa shape index (κ1) is 12.7. The van der Waals surface area contributed by atoms with Crippen LogP contribution < -0.4 is 4.74 Å². The summed E-state index contributed by atoms with van der Waals surface area (Å²) in [6.07, 6.45) is 3.61. The summed E-state index contributed by atoms with van der Waals surface area (Å²) in [7, 11) is 0. The molecule has 0 atom stereocenters. The predicted molar refractivity (Wildman–Crippen MR) is 76.0 cm³/mol. The number of hydrogen-bond acceptors (Lipinski definition) is 1. The number of rotatable bonds is 5. The molecule has 2 rings (SSSR count). The summed E-state index contributed by atoms with van der Waals surface area (Å²) in [5.74, 6) is 1.71. The molecule has 0 amide bonds. The van der Waals surface area contributed by atoms with Gasteiger partial charge in [-0.3, -0.25) is 0 Å². The smallest absolute Gasteiger partial charge is 0.127 e. The summed E-state index contributed by atoms with van der Waals surface area (Å²) in [5, 5.41) is 0. The average Bonchev–Trinajstić information content (AvgIpc) is 2.38. The Balaban J connectivity index is 2.02. The lowest BCUT2D eigenvalue weighted by atomic mass is 10.1. The van der Waals surface area contributed by atoms with Gasteiger partial charge in [-0.05, 0) is 55.2 Å². The highest BCUT2D eigenvalue weighted by Gasteiger charge is 1.98. The van der Waals surface area contributed by atoms with E-state index in [1.807, 2.05) is 36.4 Å². The van der Waals surface area contributed by atoms with E-state index in [4.69, 9.17) is 4.74 Å². The second-order valence-electron chi connectivity index (χ2n) is 4.50. The molecule has 0 spiro atoms. The van der Waals surface area contributed by atoms with Crippen molar-refractivity contribution in [1.82, 2.24) is 0 Å². The van der Waals surface area contributed by atoms with Crippen molar-refractivity contribution in [2.24, 2.45) is 0 Å². The van der Waals surface area contributed by atoms with Gasteiger partial charge in [0.25, 0.3) is 0 Å². The molecule has 0 aliphatic heterocycles. The first-order valence-electron chi connectivity index (χ1n) is 6.47. The van der Waals surface area contributed by atoms with E-state index < -0.39 is 0 Å². The van der Waals surface area contributed by atoms with Crippen LogP contribution in [-0.4, -0.2) is 0 Å². The molecule has 0 fully saturated rings. The molecule has 93 valence electrons. The molecule has 0 N–H and O–H groups in total. The molecule has 0 heterocycles. The Morgan fingerprint density at radius 1 is 1.00 bits per heavy atom. The van der Waals surface area contributed by atoms with Crippen molar-refractivity contribution in [2.75, 3.05) is 0 Å².